The number of likely N-dealkylation sites (N-methyl/N-ethyl adjacent to an activating group) is 1. The van der Waals surface area contributed by atoms with Crippen molar-refractivity contribution in [2.24, 2.45) is 0 Å². The Balaban J connectivity index is 3.70. The van der Waals surface area contributed by atoms with Gasteiger partial charge in [0, 0.05) is 27.3 Å². The van der Waals surface area contributed by atoms with Gasteiger partial charge in [-0.15, -0.1) is 0 Å². The van der Waals surface area contributed by atoms with Gasteiger partial charge < -0.3 is 14.4 Å². The Morgan fingerprint density at radius 3 is 2.71 bits per heavy atom. The number of carbonyl (C=O) groups is 1. The monoisotopic (exact) mass is 267 g/mol. The molecule has 0 saturated heterocycles. The molecule has 1 amide bonds. The minimum atomic E-state index is -0.00703. The number of halogens is 1. The Labute approximate surface area is 93.7 Å². The van der Waals surface area contributed by atoms with E-state index in [1.54, 1.807) is 19.1 Å². The van der Waals surface area contributed by atoms with Gasteiger partial charge in [0.05, 0.1) is 11.4 Å². The fraction of sp³-hybridized carbons (Fsp3) is 0.889. The molecule has 0 aliphatic rings. The highest BCUT2D eigenvalue weighted by Gasteiger charge is 2.12. The Kier molecular flexibility index (Phi) is 8.12. The average molecular weight is 268 g/mol. The van der Waals surface area contributed by atoms with E-state index in [1.165, 1.54) is 0 Å². The first-order chi connectivity index (χ1) is 6.61. The molecule has 5 heteroatoms. The molecule has 0 aliphatic carbocycles. The zero-order valence-electron chi connectivity index (χ0n) is 8.96. The van der Waals surface area contributed by atoms with Crippen LogP contribution in [-0.2, 0) is 14.3 Å². The van der Waals surface area contributed by atoms with Crippen molar-refractivity contribution in [1.82, 2.24) is 4.90 Å². The molecule has 0 N–H and O–H groups in total. The van der Waals surface area contributed by atoms with Gasteiger partial charge in [-0.25, -0.2) is 0 Å². The largest absolute Gasteiger partial charge is 0.383 e. The minimum Gasteiger partial charge on any atom is -0.383 e. The van der Waals surface area contributed by atoms with E-state index in [-0.39, 0.29) is 17.3 Å². The fourth-order valence-corrected chi connectivity index (χ4v) is 1.63. The number of ether oxygens (including phenoxy) is 2. The highest BCUT2D eigenvalue weighted by molar-refractivity contribution is 9.09. The van der Waals surface area contributed by atoms with Gasteiger partial charge in [0.2, 0.25) is 5.91 Å². The summed E-state index contributed by atoms with van der Waals surface area (Å²) in [4.78, 5) is 13.2. The second-order valence-electron chi connectivity index (χ2n) is 2.96. The van der Waals surface area contributed by atoms with Gasteiger partial charge in [-0.2, -0.15) is 0 Å². The molecule has 4 nitrogen and oxygen atoms in total. The summed E-state index contributed by atoms with van der Waals surface area (Å²) in [6.45, 7) is 3.80. The predicted molar refractivity (Wildman–Crippen MR) is 58.7 cm³/mol. The maximum atomic E-state index is 11.4. The van der Waals surface area contributed by atoms with E-state index in [0.29, 0.717) is 19.8 Å². The van der Waals surface area contributed by atoms with Gasteiger partial charge in [-0.05, 0) is 6.92 Å². The quantitative estimate of drug-likeness (QED) is 0.644. The van der Waals surface area contributed by atoms with E-state index in [2.05, 4.69) is 15.9 Å². The first-order valence-corrected chi connectivity index (χ1v) is 5.48. The van der Waals surface area contributed by atoms with Crippen LogP contribution in [0.2, 0.25) is 0 Å². The third kappa shape index (κ3) is 6.34. The number of rotatable bonds is 7. The molecule has 0 aliphatic heterocycles. The summed E-state index contributed by atoms with van der Waals surface area (Å²) < 4.78 is 9.97. The van der Waals surface area contributed by atoms with E-state index in [4.69, 9.17) is 9.47 Å². The Morgan fingerprint density at radius 2 is 2.21 bits per heavy atom. The van der Waals surface area contributed by atoms with Crippen LogP contribution in [0.3, 0.4) is 0 Å². The Hall–Kier alpha value is -0.130. The Morgan fingerprint density at radius 1 is 1.57 bits per heavy atom. The topological polar surface area (TPSA) is 38.8 Å². The lowest BCUT2D eigenvalue weighted by atomic mass is 10.4. The predicted octanol–water partition coefficient (Wildman–Crippen LogP) is 0.891. The number of amides is 1. The van der Waals surface area contributed by atoms with Crippen LogP contribution in [0.4, 0.5) is 0 Å². The molecule has 0 heterocycles. The van der Waals surface area contributed by atoms with E-state index in [9.17, 15) is 4.79 Å². The third-order valence-corrected chi connectivity index (χ3v) is 2.23. The van der Waals surface area contributed by atoms with Gasteiger partial charge >= 0.3 is 0 Å². The highest BCUT2D eigenvalue weighted by atomic mass is 79.9. The van der Waals surface area contributed by atoms with Gasteiger partial charge in [-0.3, -0.25) is 4.79 Å². The van der Waals surface area contributed by atoms with Crippen molar-refractivity contribution in [3.63, 3.8) is 0 Å². The van der Waals surface area contributed by atoms with E-state index >= 15 is 0 Å². The molecular weight excluding hydrogens is 250 g/mol. The first-order valence-electron chi connectivity index (χ1n) is 4.56. The van der Waals surface area contributed by atoms with Crippen LogP contribution in [-0.4, -0.2) is 56.2 Å². The molecule has 0 saturated carbocycles. The molecule has 0 spiro atoms. The minimum absolute atomic E-state index is 0.00703. The lowest BCUT2D eigenvalue weighted by Crippen LogP contribution is -2.36. The van der Waals surface area contributed by atoms with E-state index < -0.39 is 0 Å². The average Bonchev–Trinajstić information content (AvgIpc) is 2.14. The maximum Gasteiger partial charge on any atom is 0.248 e. The van der Waals surface area contributed by atoms with Crippen molar-refractivity contribution in [3.8, 4) is 0 Å². The molecule has 0 aromatic heterocycles. The summed E-state index contributed by atoms with van der Waals surface area (Å²) in [5.74, 6) is -0.00703. The van der Waals surface area contributed by atoms with Gasteiger partial charge in [-0.1, -0.05) is 15.9 Å². The number of hydrogen-bond donors (Lipinski definition) is 0. The van der Waals surface area contributed by atoms with Crippen molar-refractivity contribution in [3.05, 3.63) is 0 Å². The first kappa shape index (κ1) is 13.9. The van der Waals surface area contributed by atoms with Crippen LogP contribution in [0.25, 0.3) is 0 Å². The Bertz CT molecular complexity index is 166. The highest BCUT2D eigenvalue weighted by Crippen LogP contribution is 2.02. The summed E-state index contributed by atoms with van der Waals surface area (Å²) in [7, 11) is 3.39. The van der Waals surface area contributed by atoms with Gasteiger partial charge in [0.1, 0.15) is 6.61 Å². The molecule has 1 atom stereocenters. The number of methoxy groups -OCH3 is 1. The van der Waals surface area contributed by atoms with Crippen molar-refractivity contribution < 1.29 is 14.3 Å². The van der Waals surface area contributed by atoms with Crippen LogP contribution in [0.15, 0.2) is 0 Å². The van der Waals surface area contributed by atoms with Crippen LogP contribution in [0, 0.1) is 0 Å². The number of alkyl halides is 1. The van der Waals surface area contributed by atoms with Crippen LogP contribution >= 0.6 is 15.9 Å². The zero-order chi connectivity index (χ0) is 11.0. The molecule has 0 fully saturated rings. The van der Waals surface area contributed by atoms with E-state index in [1.807, 2.05) is 6.92 Å². The molecule has 0 rings (SSSR count). The van der Waals surface area contributed by atoms with Gasteiger partial charge in [0.15, 0.2) is 0 Å². The van der Waals surface area contributed by atoms with Crippen LogP contribution in [0.5, 0.6) is 0 Å². The molecule has 0 aromatic carbocycles. The molecule has 0 bridgehead atoms. The van der Waals surface area contributed by atoms with Crippen LogP contribution < -0.4 is 0 Å². The smallest absolute Gasteiger partial charge is 0.248 e. The maximum absolute atomic E-state index is 11.4. The molecular formula is C9H18BrNO3. The summed E-state index contributed by atoms with van der Waals surface area (Å²) in [6, 6.07) is 0. The van der Waals surface area contributed by atoms with Gasteiger partial charge in [0.25, 0.3) is 0 Å². The van der Waals surface area contributed by atoms with Crippen molar-refractivity contribution in [1.29, 1.82) is 0 Å². The summed E-state index contributed by atoms with van der Waals surface area (Å²) in [5, 5.41) is 0. The van der Waals surface area contributed by atoms with E-state index in [0.717, 1.165) is 0 Å². The molecule has 1 unspecified atom stereocenters. The summed E-state index contributed by atoms with van der Waals surface area (Å²) in [5.41, 5.74) is 0. The molecule has 0 radical (unpaired) electrons. The number of nitrogens with zero attached hydrogens (tertiary/aromatic N) is 1. The normalized spacial score (nSPS) is 12.6. The second-order valence-corrected chi connectivity index (χ2v) is 4.26. The zero-order valence-corrected chi connectivity index (χ0v) is 10.5. The molecule has 0 aromatic rings. The van der Waals surface area contributed by atoms with Crippen molar-refractivity contribution in [2.75, 3.05) is 40.5 Å². The standard InChI is InChI=1S/C9H18BrNO3/c1-4-14-7-9(12)11(2)5-8(10)6-13-3/h8H,4-7H2,1-3H3. The molecule has 14 heavy (non-hydrogen) atoms. The summed E-state index contributed by atoms with van der Waals surface area (Å²) >= 11 is 3.42. The lowest BCUT2D eigenvalue weighted by molar-refractivity contribution is -0.134. The van der Waals surface area contributed by atoms with Crippen LogP contribution in [0.1, 0.15) is 6.92 Å². The fourth-order valence-electron chi connectivity index (χ4n) is 0.932. The third-order valence-electron chi connectivity index (χ3n) is 1.67. The number of carbonyl (C=O) groups excluding carboxylic acids is 1. The van der Waals surface area contributed by atoms with Crippen molar-refractivity contribution >= 4 is 21.8 Å². The summed E-state index contributed by atoms with van der Waals surface area (Å²) in [6.07, 6.45) is 0. The lowest BCUT2D eigenvalue weighted by Gasteiger charge is -2.19. The SMILES string of the molecule is CCOCC(=O)N(C)CC(Br)COC. The molecule has 84 valence electrons. The van der Waals surface area contributed by atoms with Crippen molar-refractivity contribution in [2.45, 2.75) is 11.8 Å². The number of hydrogen-bond acceptors (Lipinski definition) is 3. The second kappa shape index (κ2) is 8.20.